The fraction of sp³-hybridized carbons (Fsp3) is 0.0323. The van der Waals surface area contributed by atoms with Crippen LogP contribution in [-0.2, 0) is 21.7 Å². The lowest BCUT2D eigenvalue weighted by Gasteiger charge is -2.40. The number of thiophene rings is 1. The second kappa shape index (κ2) is 27.0. The molecule has 0 radical (unpaired) electrons. The molecular weight excluding hydrogens is 1660 g/mol. The maximum atomic E-state index is 7.69. The van der Waals surface area contributed by atoms with Crippen molar-refractivity contribution in [2.75, 3.05) is 9.80 Å². The first kappa shape index (κ1) is 73.3. The molecule has 0 fully saturated rings. The van der Waals surface area contributed by atoms with Gasteiger partial charge < -0.3 is 23.7 Å². The van der Waals surface area contributed by atoms with Gasteiger partial charge in [-0.3, -0.25) is 0 Å². The van der Waals surface area contributed by atoms with Gasteiger partial charge >= 0.3 is 0 Å². The molecule has 22 aromatic rings. The molecule has 1 atom stereocenters. The van der Waals surface area contributed by atoms with E-state index >= 15 is 0 Å². The largest absolute Gasteiger partial charge is 0.457 e. The van der Waals surface area contributed by atoms with Crippen LogP contribution in [0.4, 0.5) is 34.1 Å². The van der Waals surface area contributed by atoms with Gasteiger partial charge in [0.2, 0.25) is 0 Å². The summed E-state index contributed by atoms with van der Waals surface area (Å²) in [6.45, 7) is 0. The van der Waals surface area contributed by atoms with Crippen LogP contribution in [0.2, 0.25) is 0 Å². The number of anilines is 6. The van der Waals surface area contributed by atoms with Crippen LogP contribution in [0.15, 0.2) is 461 Å². The van der Waals surface area contributed by atoms with Crippen molar-refractivity contribution in [3.05, 3.63) is 526 Å². The molecule has 5 nitrogen and oxygen atoms in total. The normalized spacial score (nSPS) is 15.5. The summed E-state index contributed by atoms with van der Waals surface area (Å²) in [6, 6.07) is 165. The molecule has 0 bridgehead atoms. The maximum Gasteiger partial charge on any atom is 0.143 e. The predicted octanol–water partition coefficient (Wildman–Crippen LogP) is 33.2. The fourth-order valence-corrected chi connectivity index (χ4v) is 28.8. The summed E-state index contributed by atoms with van der Waals surface area (Å²) in [5.74, 6) is 3.45. The minimum atomic E-state index is -0.741. The summed E-state index contributed by atoms with van der Waals surface area (Å²) in [4.78, 5) is 10.1. The molecule has 20 aromatic carbocycles. The van der Waals surface area contributed by atoms with Gasteiger partial charge in [0.25, 0.3) is 0 Å². The molecule has 0 N–H and O–H groups in total. The molecule has 132 heavy (non-hydrogen) atoms. The van der Waals surface area contributed by atoms with Gasteiger partial charge in [-0.25, -0.2) is 0 Å². The van der Waals surface area contributed by atoms with Crippen molar-refractivity contribution in [3.63, 3.8) is 0 Å². The molecule has 1 unspecified atom stereocenters. The Labute approximate surface area is 774 Å². The van der Waals surface area contributed by atoms with E-state index in [2.05, 4.69) is 447 Å². The number of hydrogen-bond acceptors (Lipinski definition) is 8. The molecule has 4 aliphatic carbocycles. The zero-order valence-corrected chi connectivity index (χ0v) is 73.4. The van der Waals surface area contributed by atoms with Crippen LogP contribution in [0.25, 0.3) is 97.7 Å². The van der Waals surface area contributed by atoms with Gasteiger partial charge in [-0.15, -0.1) is 11.3 Å². The summed E-state index contributed by atoms with van der Waals surface area (Å²) in [7, 11) is 0. The first-order valence-corrected chi connectivity index (χ1v) is 47.8. The molecule has 4 aliphatic heterocycles. The van der Waals surface area contributed by atoms with Gasteiger partial charge in [-0.2, -0.15) is 0 Å². The summed E-state index contributed by atoms with van der Waals surface area (Å²) in [6.07, 6.45) is 0. The summed E-state index contributed by atoms with van der Waals surface area (Å²) < 4.78 is 24.0. The molecule has 0 saturated carbocycles. The van der Waals surface area contributed by atoms with Crippen molar-refractivity contribution in [1.29, 1.82) is 0 Å². The third-order valence-electron chi connectivity index (χ3n) is 30.1. The highest BCUT2D eigenvalue weighted by atomic mass is 32.2. The highest BCUT2D eigenvalue weighted by Gasteiger charge is 2.57. The molecule has 8 aliphatic rings. The van der Waals surface area contributed by atoms with E-state index in [-0.39, 0.29) is 0 Å². The lowest BCUT2D eigenvalue weighted by Crippen LogP contribution is -2.32. The first-order valence-electron chi connectivity index (χ1n) is 45.4. The lowest BCUT2D eigenvalue weighted by molar-refractivity contribution is 0.436. The van der Waals surface area contributed by atoms with Crippen LogP contribution >= 0.6 is 34.9 Å². The topological polar surface area (TPSA) is 38.1 Å². The number of benzene rings is 20. The van der Waals surface area contributed by atoms with Crippen molar-refractivity contribution in [2.45, 2.75) is 41.2 Å². The summed E-state index contributed by atoms with van der Waals surface area (Å²) in [5.41, 5.74) is 36.6. The van der Waals surface area contributed by atoms with Crippen LogP contribution in [0.3, 0.4) is 0 Å². The third-order valence-corrected chi connectivity index (χ3v) is 33.6. The molecular formula is C124H72N2O3S3. The van der Waals surface area contributed by atoms with Crippen LogP contribution in [0.5, 0.6) is 23.0 Å². The Morgan fingerprint density at radius 1 is 0.212 bits per heavy atom. The smallest absolute Gasteiger partial charge is 0.143 e. The molecule has 614 valence electrons. The number of nitrogens with zero attached hydrogens (tertiary/aromatic N) is 2. The molecule has 0 amide bonds. The Bertz CT molecular complexity index is 8760. The Morgan fingerprint density at radius 3 is 1.12 bits per heavy atom. The van der Waals surface area contributed by atoms with E-state index in [9.17, 15) is 0 Å². The van der Waals surface area contributed by atoms with Crippen molar-refractivity contribution >= 4 is 111 Å². The van der Waals surface area contributed by atoms with Crippen molar-refractivity contribution < 1.29 is 13.9 Å². The van der Waals surface area contributed by atoms with Gasteiger partial charge in [0.15, 0.2) is 0 Å². The van der Waals surface area contributed by atoms with Crippen LogP contribution in [-0.4, -0.2) is 0 Å². The molecule has 30 rings (SSSR count). The minimum Gasteiger partial charge on any atom is -0.457 e. The number of para-hydroxylation sites is 5. The van der Waals surface area contributed by atoms with E-state index < -0.39 is 21.7 Å². The number of rotatable bonds is 7. The van der Waals surface area contributed by atoms with E-state index in [0.717, 1.165) is 112 Å². The predicted molar refractivity (Wildman–Crippen MR) is 539 cm³/mol. The molecule has 0 saturated heterocycles. The van der Waals surface area contributed by atoms with Crippen LogP contribution < -0.4 is 19.3 Å². The number of hydrogen-bond donors (Lipinski definition) is 0. The van der Waals surface area contributed by atoms with Crippen LogP contribution in [0, 0.1) is 0 Å². The monoisotopic (exact) mass is 1730 g/mol. The number of fused-ring (bicyclic) bond motifs is 42. The van der Waals surface area contributed by atoms with E-state index in [0.29, 0.717) is 0 Å². The summed E-state index contributed by atoms with van der Waals surface area (Å²) >= 11 is 5.63. The third kappa shape index (κ3) is 9.35. The van der Waals surface area contributed by atoms with Crippen LogP contribution in [0.1, 0.15) is 89.0 Å². The quantitative estimate of drug-likeness (QED) is 0.157. The Kier molecular flexibility index (Phi) is 15.0. The zero-order chi connectivity index (χ0) is 86.0. The Hall–Kier alpha value is -15.7. The van der Waals surface area contributed by atoms with E-state index in [1.165, 1.54) is 151 Å². The van der Waals surface area contributed by atoms with Gasteiger partial charge in [-0.1, -0.05) is 345 Å². The maximum absolute atomic E-state index is 7.69. The van der Waals surface area contributed by atoms with Crippen molar-refractivity contribution in [1.82, 2.24) is 0 Å². The van der Waals surface area contributed by atoms with E-state index in [4.69, 9.17) is 13.9 Å². The molecule has 8 heteroatoms. The van der Waals surface area contributed by atoms with E-state index in [1.807, 2.05) is 34.9 Å². The van der Waals surface area contributed by atoms with Gasteiger partial charge in [-0.05, 0) is 215 Å². The first-order chi connectivity index (χ1) is 65.4. The van der Waals surface area contributed by atoms with Crippen molar-refractivity contribution in [3.8, 4) is 78.6 Å². The van der Waals surface area contributed by atoms with Crippen molar-refractivity contribution in [2.24, 2.45) is 0 Å². The Morgan fingerprint density at radius 2 is 0.576 bits per heavy atom. The lowest BCUT2D eigenvalue weighted by atomic mass is 9.66. The standard InChI is InChI=1S/C124H72N2O3S3/c1-6-37-88-78(29-1)80-65-62-74(70-102(80)121(88)92-41-10-17-53-107(92)127-108-54-18-11-42-93(108)121)125(104-50-27-48-100-117(104)86-32-3-8-39-90(86)123(100)96-45-14-22-58-113(96)130-114-59-23-15-46-97(114)123)76-64-67-82-84-35-25-34-77(119(84)129-111(82)72-76)73-61-68-99-116(69-73)131-115-60-24-16-47-98(115)124(99)91-40-9-4-33-87(91)118-101(124)49-28-51-105(118)126(106-52-26-36-85-83-31-5-21-57-112(83)132-120(85)106)75-63-66-81-79-30-2-7-38-89(79)122(103(81)71-75)94-43-12-19-55-109(94)128-110-56-20-13-44-95(110)122/h1-72H. The molecule has 4 spiro atoms. The number of furan rings is 1. The SMILES string of the molecule is c1ccc2c(c1)Oc1ccccc1C21c2ccccc2-c2ccc(N(c3ccc4c(c3)oc3c(-c5ccc6c(c5)Sc5ccccc5C65c6ccccc6-c6c(N(c7ccc8c(c7)C7(c9ccccc9Oc9ccccc97)c7ccccc7-8)c7cccc8c7sc7ccccc78)cccc65)cccc34)c3cccc4c3-c3ccccc3C43c4ccccc4Sc4ccccc43)cc21. The number of ether oxygens (including phenoxy) is 2. The van der Waals surface area contributed by atoms with Gasteiger partial charge in [0, 0.05) is 108 Å². The highest BCUT2D eigenvalue weighted by Crippen LogP contribution is 2.71. The average molecular weight is 1730 g/mol. The fourth-order valence-electron chi connectivity index (χ4n) is 25.2. The highest BCUT2D eigenvalue weighted by molar-refractivity contribution is 7.99. The molecule has 6 heterocycles. The van der Waals surface area contributed by atoms with E-state index in [1.54, 1.807) is 0 Å². The zero-order valence-electron chi connectivity index (χ0n) is 70.9. The Balaban J connectivity index is 0.605. The average Bonchev–Trinajstić information content (AvgIpc) is 1.50. The van der Waals surface area contributed by atoms with Gasteiger partial charge in [0.1, 0.15) is 34.2 Å². The minimum absolute atomic E-state index is 0.615. The second-order valence-corrected chi connectivity index (χ2v) is 39.2. The van der Waals surface area contributed by atoms with Gasteiger partial charge in [0.05, 0.1) is 43.4 Å². The molecule has 2 aromatic heterocycles. The summed E-state index contributed by atoms with van der Waals surface area (Å²) in [5, 5.41) is 4.59. The second-order valence-electron chi connectivity index (χ2n) is 36.0.